The molecule has 3 heterocycles. The molecule has 0 radical (unpaired) electrons. The molecule has 238 valence electrons. The van der Waals surface area contributed by atoms with E-state index in [-0.39, 0.29) is 6.04 Å². The van der Waals surface area contributed by atoms with E-state index in [0.29, 0.717) is 65.7 Å². The van der Waals surface area contributed by atoms with Crippen molar-refractivity contribution in [3.63, 3.8) is 0 Å². The SMILES string of the molecule is CCOc1cc2c(cc1OC)CCN(C=O)[C@H]2CCc1c[nH]c2ccc(C(F)(F)F)cc12.FC(F)(F)c1ccc2[nH]ccc2c1. The minimum atomic E-state index is -4.39. The van der Waals surface area contributed by atoms with Gasteiger partial charge in [0.15, 0.2) is 11.5 Å². The molecule has 2 aromatic heterocycles. The van der Waals surface area contributed by atoms with Gasteiger partial charge < -0.3 is 24.3 Å². The molecule has 1 aliphatic rings. The number of methoxy groups -OCH3 is 1. The molecule has 0 bridgehead atoms. The second-order valence-electron chi connectivity index (χ2n) is 10.6. The number of nitrogens with zero attached hydrogens (tertiary/aromatic N) is 1. The molecule has 1 amide bonds. The lowest BCUT2D eigenvalue weighted by molar-refractivity contribution is -0.138. The summed E-state index contributed by atoms with van der Waals surface area (Å²) in [7, 11) is 1.59. The quantitative estimate of drug-likeness (QED) is 0.140. The standard InChI is InChI=1S/C24H25F3N2O3.C9H6F3N/c1-3-32-23-12-19-15(10-22(23)31-2)8-9-29(14-30)21(19)7-4-16-13-28-20-6-5-17(11-18(16)20)24(25,26)27;10-9(11,12)7-1-2-8-6(5-7)3-4-13-8/h5-6,10-14,21,28H,3-4,7-9H2,1-2H3;1-5,13H/t21-;/m0./s1. The third-order valence-corrected chi connectivity index (χ3v) is 7.92. The third-order valence-electron chi connectivity index (χ3n) is 7.92. The van der Waals surface area contributed by atoms with Crippen molar-refractivity contribution in [3.05, 3.63) is 94.8 Å². The van der Waals surface area contributed by atoms with Crippen LogP contribution in [-0.4, -0.2) is 41.5 Å². The number of aromatic nitrogens is 2. The fourth-order valence-electron chi connectivity index (χ4n) is 5.69. The van der Waals surface area contributed by atoms with Crippen LogP contribution in [0.1, 0.15) is 47.2 Å². The summed E-state index contributed by atoms with van der Waals surface area (Å²) < 4.78 is 87.3. The van der Waals surface area contributed by atoms with E-state index in [1.54, 1.807) is 30.5 Å². The molecule has 0 fully saturated rings. The van der Waals surface area contributed by atoms with E-state index >= 15 is 0 Å². The van der Waals surface area contributed by atoms with Crippen LogP contribution in [0.5, 0.6) is 11.5 Å². The van der Waals surface area contributed by atoms with Crippen LogP contribution in [0.4, 0.5) is 26.3 Å². The first-order chi connectivity index (χ1) is 21.4. The number of nitrogens with one attached hydrogen (secondary N) is 2. The minimum absolute atomic E-state index is 0.197. The summed E-state index contributed by atoms with van der Waals surface area (Å²) in [5, 5.41) is 1.13. The molecule has 0 unspecified atom stereocenters. The zero-order chi connectivity index (χ0) is 32.4. The van der Waals surface area contributed by atoms with Gasteiger partial charge in [0.25, 0.3) is 0 Å². The predicted molar refractivity (Wildman–Crippen MR) is 158 cm³/mol. The predicted octanol–water partition coefficient (Wildman–Crippen LogP) is 8.47. The molecular formula is C33H31F6N3O3. The highest BCUT2D eigenvalue weighted by Crippen LogP contribution is 2.40. The molecule has 6 nitrogen and oxygen atoms in total. The fraction of sp³-hybridized carbons (Fsp3) is 0.303. The van der Waals surface area contributed by atoms with Gasteiger partial charge >= 0.3 is 12.4 Å². The van der Waals surface area contributed by atoms with Crippen molar-refractivity contribution >= 4 is 28.2 Å². The van der Waals surface area contributed by atoms with Crippen LogP contribution in [-0.2, 0) is 30.0 Å². The number of fused-ring (bicyclic) bond motifs is 3. The van der Waals surface area contributed by atoms with Gasteiger partial charge in [0.05, 0.1) is 30.9 Å². The van der Waals surface area contributed by atoms with Crippen molar-refractivity contribution in [2.45, 2.75) is 44.6 Å². The molecule has 3 aromatic carbocycles. The van der Waals surface area contributed by atoms with Gasteiger partial charge in [-0.1, -0.05) is 0 Å². The largest absolute Gasteiger partial charge is 0.493 e. The number of aryl methyl sites for hydroxylation is 1. The van der Waals surface area contributed by atoms with E-state index in [9.17, 15) is 31.1 Å². The smallest absolute Gasteiger partial charge is 0.416 e. The van der Waals surface area contributed by atoms with Crippen LogP contribution in [0.25, 0.3) is 21.8 Å². The Balaban J connectivity index is 0.000000256. The third kappa shape index (κ3) is 6.89. The second-order valence-corrected chi connectivity index (χ2v) is 10.6. The Labute approximate surface area is 254 Å². The topological polar surface area (TPSA) is 70.3 Å². The second kappa shape index (κ2) is 12.8. The number of carbonyl (C=O) groups excluding carboxylic acids is 1. The average molecular weight is 632 g/mol. The molecule has 45 heavy (non-hydrogen) atoms. The van der Waals surface area contributed by atoms with E-state index in [4.69, 9.17) is 9.47 Å². The van der Waals surface area contributed by atoms with Crippen molar-refractivity contribution in [1.82, 2.24) is 14.9 Å². The number of amides is 1. The summed E-state index contributed by atoms with van der Waals surface area (Å²) in [5.41, 5.74) is 2.97. The molecule has 0 spiro atoms. The van der Waals surface area contributed by atoms with Crippen LogP contribution in [0.3, 0.4) is 0 Å². The summed E-state index contributed by atoms with van der Waals surface area (Å²) in [5.74, 6) is 1.27. The van der Waals surface area contributed by atoms with Gasteiger partial charge in [-0.25, -0.2) is 0 Å². The van der Waals surface area contributed by atoms with Crippen LogP contribution in [0.2, 0.25) is 0 Å². The van der Waals surface area contributed by atoms with Crippen LogP contribution < -0.4 is 9.47 Å². The summed E-state index contributed by atoms with van der Waals surface area (Å²) >= 11 is 0. The van der Waals surface area contributed by atoms with Crippen molar-refractivity contribution < 1.29 is 40.6 Å². The first-order valence-electron chi connectivity index (χ1n) is 14.3. The zero-order valence-electron chi connectivity index (χ0n) is 24.5. The molecule has 0 saturated carbocycles. The number of rotatable bonds is 7. The van der Waals surface area contributed by atoms with Crippen molar-refractivity contribution in [3.8, 4) is 11.5 Å². The van der Waals surface area contributed by atoms with E-state index in [2.05, 4.69) is 9.97 Å². The highest BCUT2D eigenvalue weighted by atomic mass is 19.4. The van der Waals surface area contributed by atoms with Gasteiger partial charge in [-0.15, -0.1) is 0 Å². The van der Waals surface area contributed by atoms with Crippen molar-refractivity contribution in [2.24, 2.45) is 0 Å². The molecule has 0 aliphatic carbocycles. The van der Waals surface area contributed by atoms with Gasteiger partial charge in [-0.3, -0.25) is 4.79 Å². The Morgan fingerprint density at radius 3 is 2.29 bits per heavy atom. The number of H-pyrrole nitrogens is 2. The van der Waals surface area contributed by atoms with Gasteiger partial charge in [-0.2, -0.15) is 26.3 Å². The Morgan fingerprint density at radius 1 is 0.911 bits per heavy atom. The number of hydrogen-bond donors (Lipinski definition) is 2. The number of benzene rings is 3. The fourth-order valence-corrected chi connectivity index (χ4v) is 5.69. The van der Waals surface area contributed by atoms with Crippen LogP contribution in [0, 0.1) is 0 Å². The van der Waals surface area contributed by atoms with Gasteiger partial charge in [-0.05, 0) is 103 Å². The molecule has 12 heteroatoms. The lowest BCUT2D eigenvalue weighted by atomic mass is 9.88. The Kier molecular flexibility index (Phi) is 9.03. The lowest BCUT2D eigenvalue weighted by Gasteiger charge is -2.35. The number of ether oxygens (including phenoxy) is 2. The normalized spacial score (nSPS) is 15.0. The average Bonchev–Trinajstić information content (AvgIpc) is 3.65. The Morgan fingerprint density at radius 2 is 1.62 bits per heavy atom. The zero-order valence-corrected chi connectivity index (χ0v) is 24.5. The van der Waals surface area contributed by atoms with Crippen molar-refractivity contribution in [1.29, 1.82) is 0 Å². The van der Waals surface area contributed by atoms with Gasteiger partial charge in [0, 0.05) is 35.4 Å². The van der Waals surface area contributed by atoms with E-state index in [1.165, 1.54) is 18.2 Å². The van der Waals surface area contributed by atoms with Gasteiger partial charge in [0.2, 0.25) is 6.41 Å². The minimum Gasteiger partial charge on any atom is -0.493 e. The van der Waals surface area contributed by atoms with E-state index < -0.39 is 23.5 Å². The number of hydrogen-bond acceptors (Lipinski definition) is 3. The molecule has 1 atom stereocenters. The lowest BCUT2D eigenvalue weighted by Crippen LogP contribution is -2.34. The first-order valence-corrected chi connectivity index (χ1v) is 14.3. The molecule has 2 N–H and O–H groups in total. The van der Waals surface area contributed by atoms with Crippen LogP contribution >= 0.6 is 0 Å². The summed E-state index contributed by atoms with van der Waals surface area (Å²) in [6.45, 7) is 2.94. The summed E-state index contributed by atoms with van der Waals surface area (Å²) in [6, 6.07) is 12.6. The van der Waals surface area contributed by atoms with Crippen molar-refractivity contribution in [2.75, 3.05) is 20.3 Å². The number of alkyl halides is 6. The van der Waals surface area contributed by atoms with E-state index in [0.717, 1.165) is 41.3 Å². The monoisotopic (exact) mass is 631 g/mol. The first kappa shape index (κ1) is 31.8. The molecule has 1 aliphatic heterocycles. The van der Waals surface area contributed by atoms with Crippen LogP contribution in [0.15, 0.2) is 67.0 Å². The number of halogens is 6. The number of aromatic amines is 2. The van der Waals surface area contributed by atoms with Gasteiger partial charge in [0.1, 0.15) is 0 Å². The summed E-state index contributed by atoms with van der Waals surface area (Å²) in [4.78, 5) is 19.4. The molecule has 0 saturated heterocycles. The molecule has 5 aromatic rings. The molecular weight excluding hydrogens is 600 g/mol. The maximum Gasteiger partial charge on any atom is 0.416 e. The summed E-state index contributed by atoms with van der Waals surface area (Å²) in [6.07, 6.45) is -2.65. The Bertz CT molecular complexity index is 1790. The maximum absolute atomic E-state index is 13.2. The highest BCUT2D eigenvalue weighted by Gasteiger charge is 2.32. The van der Waals surface area contributed by atoms with E-state index in [1.807, 2.05) is 19.1 Å². The number of carbonyl (C=O) groups is 1. The molecule has 6 rings (SSSR count). The Hall–Kier alpha value is -4.61. The maximum atomic E-state index is 13.2. The highest BCUT2D eigenvalue weighted by molar-refractivity contribution is 5.84.